The van der Waals surface area contributed by atoms with E-state index < -0.39 is 0 Å². The van der Waals surface area contributed by atoms with E-state index in [1.165, 1.54) is 48.5 Å². The summed E-state index contributed by atoms with van der Waals surface area (Å²) in [5, 5.41) is 15.4. The van der Waals surface area contributed by atoms with Gasteiger partial charge >= 0.3 is 0 Å². The van der Waals surface area contributed by atoms with Crippen molar-refractivity contribution in [3.63, 3.8) is 0 Å². The molecular formula is C72H47N3. The molecule has 0 amide bonds. The molecule has 3 nitrogen and oxygen atoms in total. The zero-order chi connectivity index (χ0) is 49.8. The lowest BCUT2D eigenvalue weighted by Crippen LogP contribution is -1.97. The second-order valence-electron chi connectivity index (χ2n) is 19.4. The summed E-state index contributed by atoms with van der Waals surface area (Å²) < 4.78 is 0. The van der Waals surface area contributed by atoms with Gasteiger partial charge in [-0.3, -0.25) is 0 Å². The Morgan fingerprint density at radius 3 is 1.39 bits per heavy atom. The van der Waals surface area contributed by atoms with Crippen LogP contribution in [0.15, 0.2) is 261 Å². The summed E-state index contributed by atoms with van der Waals surface area (Å²) in [6, 6.07) is 87.5. The SMILES string of the molecule is C/C=C\C=C/c1cc(-c2ccc(-c3ccc(-c4nc(-c5cc6ccccc6c6ccccc56)cc(-c5cc6ccccc6c6ccccc56)n4)cc3)cc2)cc2c(-c3ccc4ccccc4c3)nc3ccccc3c12. The van der Waals surface area contributed by atoms with Crippen molar-refractivity contribution in [1.82, 2.24) is 15.0 Å². The Morgan fingerprint density at radius 1 is 0.307 bits per heavy atom. The Labute approximate surface area is 435 Å². The second kappa shape index (κ2) is 18.3. The van der Waals surface area contributed by atoms with Crippen LogP contribution >= 0.6 is 0 Å². The highest BCUT2D eigenvalue weighted by Gasteiger charge is 2.19. The van der Waals surface area contributed by atoms with E-state index in [0.29, 0.717) is 5.82 Å². The number of rotatable bonds is 8. The number of pyridine rings is 1. The van der Waals surface area contributed by atoms with Crippen LogP contribution in [0.4, 0.5) is 0 Å². The van der Waals surface area contributed by atoms with Crippen molar-refractivity contribution in [1.29, 1.82) is 0 Å². The summed E-state index contributed by atoms with van der Waals surface area (Å²) >= 11 is 0. The number of hydrogen-bond donors (Lipinski definition) is 0. The number of benzene rings is 12. The first-order chi connectivity index (χ1) is 37.1. The average Bonchev–Trinajstić information content (AvgIpc) is 3.50. The molecule has 12 aromatic carbocycles. The van der Waals surface area contributed by atoms with Crippen LogP contribution in [0, 0.1) is 0 Å². The Bertz CT molecular complexity index is 4500. The highest BCUT2D eigenvalue weighted by molar-refractivity contribution is 6.17. The number of fused-ring (bicyclic) bond motifs is 10. The van der Waals surface area contributed by atoms with Gasteiger partial charge in [-0.1, -0.05) is 224 Å². The van der Waals surface area contributed by atoms with Gasteiger partial charge in [-0.15, -0.1) is 0 Å². The van der Waals surface area contributed by atoms with Crippen LogP contribution in [0.2, 0.25) is 0 Å². The minimum Gasteiger partial charge on any atom is -0.247 e. The number of nitrogens with zero attached hydrogens (tertiary/aromatic N) is 3. The first-order valence-corrected chi connectivity index (χ1v) is 25.7. The molecule has 14 aromatic rings. The minimum atomic E-state index is 0.680. The fourth-order valence-corrected chi connectivity index (χ4v) is 11.3. The van der Waals surface area contributed by atoms with Gasteiger partial charge in [-0.25, -0.2) is 15.0 Å². The topological polar surface area (TPSA) is 38.7 Å². The lowest BCUT2D eigenvalue weighted by Gasteiger charge is -2.16. The van der Waals surface area contributed by atoms with Crippen LogP contribution < -0.4 is 0 Å². The molecule has 0 bridgehead atoms. The van der Waals surface area contributed by atoms with Crippen LogP contribution in [0.5, 0.6) is 0 Å². The fraction of sp³-hybridized carbons (Fsp3) is 0.0139. The largest absolute Gasteiger partial charge is 0.247 e. The summed E-state index contributed by atoms with van der Waals surface area (Å²) in [5.41, 5.74) is 13.6. The number of aromatic nitrogens is 3. The fourth-order valence-electron chi connectivity index (χ4n) is 11.3. The molecule has 0 aliphatic rings. The molecular weight excluding hydrogens is 907 g/mol. The third-order valence-corrected chi connectivity index (χ3v) is 14.9. The maximum absolute atomic E-state index is 5.43. The van der Waals surface area contributed by atoms with Crippen molar-refractivity contribution >= 4 is 81.6 Å². The molecule has 0 N–H and O–H groups in total. The molecule has 14 rings (SSSR count). The van der Waals surface area contributed by atoms with E-state index in [0.717, 1.165) is 94.2 Å². The van der Waals surface area contributed by atoms with Crippen LogP contribution in [-0.2, 0) is 0 Å². The molecule has 0 fully saturated rings. The predicted molar refractivity (Wildman–Crippen MR) is 319 cm³/mol. The second-order valence-corrected chi connectivity index (χ2v) is 19.4. The van der Waals surface area contributed by atoms with E-state index in [4.69, 9.17) is 15.0 Å². The molecule has 0 saturated carbocycles. The highest BCUT2D eigenvalue weighted by atomic mass is 14.9. The van der Waals surface area contributed by atoms with Crippen molar-refractivity contribution in [2.75, 3.05) is 0 Å². The van der Waals surface area contributed by atoms with Gasteiger partial charge in [-0.2, -0.15) is 0 Å². The summed E-state index contributed by atoms with van der Waals surface area (Å²) in [4.78, 5) is 16.2. The molecule has 350 valence electrons. The summed E-state index contributed by atoms with van der Waals surface area (Å²) in [6.45, 7) is 2.05. The summed E-state index contributed by atoms with van der Waals surface area (Å²) in [6.07, 6.45) is 8.52. The van der Waals surface area contributed by atoms with Gasteiger partial charge in [-0.05, 0) is 131 Å². The van der Waals surface area contributed by atoms with Crippen LogP contribution in [0.3, 0.4) is 0 Å². The van der Waals surface area contributed by atoms with Crippen molar-refractivity contribution < 1.29 is 0 Å². The molecule has 0 aliphatic carbocycles. The standard InChI is InChI=1S/C72H47N3/c1-2-3-4-21-54-41-56(44-66-70(54)63-28-15-16-29-67(63)73-71(66)55-39-36-46-17-5-6-18-51(46)40-55)49-32-30-47(31-33-49)48-34-37-50(38-35-48)72-74-68(64-42-52-19-7-9-22-57(52)59-24-11-13-26-61(59)64)45-69(75-72)65-43-53-20-8-10-23-58(53)60-25-12-14-27-62(60)65/h2-45H,1H3/b3-2-,21-4-. The monoisotopic (exact) mass is 953 g/mol. The normalized spacial score (nSPS) is 12.0. The first-order valence-electron chi connectivity index (χ1n) is 25.7. The van der Waals surface area contributed by atoms with Crippen molar-refractivity contribution in [3.05, 3.63) is 266 Å². The quantitative estimate of drug-likeness (QED) is 0.113. The average molecular weight is 954 g/mol. The third-order valence-electron chi connectivity index (χ3n) is 14.9. The lowest BCUT2D eigenvalue weighted by atomic mass is 9.91. The van der Waals surface area contributed by atoms with E-state index in [1.807, 2.05) is 0 Å². The maximum Gasteiger partial charge on any atom is 0.160 e. The Morgan fingerprint density at radius 2 is 0.787 bits per heavy atom. The molecule has 0 unspecified atom stereocenters. The first kappa shape index (κ1) is 43.9. The zero-order valence-corrected chi connectivity index (χ0v) is 41.2. The lowest BCUT2D eigenvalue weighted by molar-refractivity contribution is 1.19. The highest BCUT2D eigenvalue weighted by Crippen LogP contribution is 2.42. The Balaban J connectivity index is 0.875. The van der Waals surface area contributed by atoms with Crippen LogP contribution in [0.25, 0.3) is 149 Å². The van der Waals surface area contributed by atoms with Crippen molar-refractivity contribution in [2.24, 2.45) is 0 Å². The third kappa shape index (κ3) is 7.81. The van der Waals surface area contributed by atoms with Crippen LogP contribution in [-0.4, -0.2) is 15.0 Å². The molecule has 0 aliphatic heterocycles. The van der Waals surface area contributed by atoms with Gasteiger partial charge in [0, 0.05) is 38.4 Å². The Kier molecular flexibility index (Phi) is 10.7. The Hall–Kier alpha value is -9.83. The summed E-state index contributed by atoms with van der Waals surface area (Å²) in [5.74, 6) is 0.680. The van der Waals surface area contributed by atoms with Crippen molar-refractivity contribution in [3.8, 4) is 67.4 Å². The smallest absolute Gasteiger partial charge is 0.160 e. The van der Waals surface area contributed by atoms with Gasteiger partial charge in [0.15, 0.2) is 5.82 Å². The van der Waals surface area contributed by atoms with Gasteiger partial charge in [0.1, 0.15) is 0 Å². The minimum absolute atomic E-state index is 0.680. The molecule has 0 saturated heterocycles. The van der Waals surface area contributed by atoms with Gasteiger partial charge < -0.3 is 0 Å². The molecule has 2 aromatic heterocycles. The van der Waals surface area contributed by atoms with E-state index in [9.17, 15) is 0 Å². The van der Waals surface area contributed by atoms with Crippen molar-refractivity contribution in [2.45, 2.75) is 6.92 Å². The molecule has 0 atom stereocenters. The number of para-hydroxylation sites is 1. The van der Waals surface area contributed by atoms with E-state index in [1.54, 1.807) is 0 Å². The number of hydrogen-bond acceptors (Lipinski definition) is 3. The van der Waals surface area contributed by atoms with E-state index in [2.05, 4.69) is 274 Å². The zero-order valence-electron chi connectivity index (χ0n) is 41.2. The molecule has 3 heteroatoms. The van der Waals surface area contributed by atoms with Gasteiger partial charge in [0.25, 0.3) is 0 Å². The van der Waals surface area contributed by atoms with Gasteiger partial charge in [0.2, 0.25) is 0 Å². The van der Waals surface area contributed by atoms with Gasteiger partial charge in [0.05, 0.1) is 22.6 Å². The summed E-state index contributed by atoms with van der Waals surface area (Å²) in [7, 11) is 0. The molecule has 0 radical (unpaired) electrons. The molecule has 75 heavy (non-hydrogen) atoms. The molecule has 0 spiro atoms. The predicted octanol–water partition coefficient (Wildman–Crippen LogP) is 19.5. The van der Waals surface area contributed by atoms with Crippen LogP contribution in [0.1, 0.15) is 12.5 Å². The maximum atomic E-state index is 5.43. The molecule has 2 heterocycles. The van der Waals surface area contributed by atoms with E-state index in [-0.39, 0.29) is 0 Å². The number of allylic oxidation sites excluding steroid dienone is 3. The van der Waals surface area contributed by atoms with E-state index >= 15 is 0 Å².